The number of esters is 1. The zero-order chi connectivity index (χ0) is 21.0. The van der Waals surface area contributed by atoms with E-state index in [0.717, 1.165) is 25.3 Å². The van der Waals surface area contributed by atoms with Gasteiger partial charge in [0.25, 0.3) is 0 Å². The van der Waals surface area contributed by atoms with Crippen LogP contribution in [-0.4, -0.2) is 31.8 Å². The van der Waals surface area contributed by atoms with E-state index in [0.29, 0.717) is 18.7 Å². The summed E-state index contributed by atoms with van der Waals surface area (Å²) in [6.07, 6.45) is 2.63. The molecule has 0 aliphatic carbocycles. The minimum Gasteiger partial charge on any atom is -0.457 e. The van der Waals surface area contributed by atoms with Crippen LogP contribution in [0.5, 0.6) is 0 Å². The highest BCUT2D eigenvalue weighted by atomic mass is 32.2. The Balaban J connectivity index is 1.80. The summed E-state index contributed by atoms with van der Waals surface area (Å²) in [4.78, 5) is 12.5. The van der Waals surface area contributed by atoms with Gasteiger partial charge in [-0.1, -0.05) is 12.5 Å². The molecule has 8 heteroatoms. The Labute approximate surface area is 169 Å². The van der Waals surface area contributed by atoms with Crippen molar-refractivity contribution in [1.29, 1.82) is 5.26 Å². The summed E-state index contributed by atoms with van der Waals surface area (Å²) >= 11 is 0. The largest absolute Gasteiger partial charge is 0.457 e. The van der Waals surface area contributed by atoms with E-state index in [4.69, 9.17) is 10.00 Å². The van der Waals surface area contributed by atoms with E-state index >= 15 is 0 Å². The van der Waals surface area contributed by atoms with Gasteiger partial charge in [-0.05, 0) is 55.7 Å². The minimum atomic E-state index is -3.70. The van der Waals surface area contributed by atoms with E-state index in [1.807, 2.05) is 6.07 Å². The monoisotopic (exact) mass is 416 g/mol. The SMILES string of the molecule is Cc1ccc(C(=O)OCc2cc(C#N)ccc2F)cc1S(=O)(=O)N1CCCCC1. The molecule has 0 radical (unpaired) electrons. The van der Waals surface area contributed by atoms with Gasteiger partial charge < -0.3 is 4.74 Å². The van der Waals surface area contributed by atoms with Crippen molar-refractivity contribution in [1.82, 2.24) is 4.31 Å². The van der Waals surface area contributed by atoms with Crippen LogP contribution in [0.1, 0.15) is 46.3 Å². The van der Waals surface area contributed by atoms with Crippen LogP contribution in [0.25, 0.3) is 0 Å². The number of hydrogen-bond acceptors (Lipinski definition) is 5. The van der Waals surface area contributed by atoms with Crippen molar-refractivity contribution in [3.63, 3.8) is 0 Å². The molecule has 0 saturated carbocycles. The van der Waals surface area contributed by atoms with Gasteiger partial charge in [-0.25, -0.2) is 17.6 Å². The second kappa shape index (κ2) is 8.72. The topological polar surface area (TPSA) is 87.5 Å². The number of halogens is 1. The smallest absolute Gasteiger partial charge is 0.338 e. The molecule has 2 aromatic rings. The molecule has 1 fully saturated rings. The molecule has 2 aromatic carbocycles. The predicted molar refractivity (Wildman–Crippen MR) is 104 cm³/mol. The molecular formula is C21H21FN2O4S. The summed E-state index contributed by atoms with van der Waals surface area (Å²) in [7, 11) is -3.70. The van der Waals surface area contributed by atoms with Crippen molar-refractivity contribution < 1.29 is 22.3 Å². The standard InChI is InChI=1S/C21H21FN2O4S/c1-15-5-7-17(12-20(15)29(26,27)24-9-3-2-4-10-24)21(25)28-14-18-11-16(13-23)6-8-19(18)22/h5-8,11-12H,2-4,9-10,14H2,1H3. The van der Waals surface area contributed by atoms with Crippen LogP contribution >= 0.6 is 0 Å². The van der Waals surface area contributed by atoms with Gasteiger partial charge in [0.15, 0.2) is 0 Å². The predicted octanol–water partition coefficient (Wildman–Crippen LogP) is 3.54. The first-order chi connectivity index (χ1) is 13.8. The normalized spacial score (nSPS) is 14.9. The number of piperidine rings is 1. The Morgan fingerprint density at radius 1 is 1.17 bits per heavy atom. The molecular weight excluding hydrogens is 395 g/mol. The molecule has 1 saturated heterocycles. The maximum absolute atomic E-state index is 13.9. The number of hydrogen-bond donors (Lipinski definition) is 0. The molecule has 6 nitrogen and oxygen atoms in total. The molecule has 1 heterocycles. The van der Waals surface area contributed by atoms with Gasteiger partial charge in [-0.3, -0.25) is 0 Å². The third kappa shape index (κ3) is 4.63. The lowest BCUT2D eigenvalue weighted by Crippen LogP contribution is -2.36. The highest BCUT2D eigenvalue weighted by Crippen LogP contribution is 2.25. The van der Waals surface area contributed by atoms with Crippen molar-refractivity contribution in [2.24, 2.45) is 0 Å². The van der Waals surface area contributed by atoms with E-state index < -0.39 is 21.8 Å². The molecule has 1 aliphatic rings. The molecule has 1 aliphatic heterocycles. The van der Waals surface area contributed by atoms with Crippen molar-refractivity contribution in [2.75, 3.05) is 13.1 Å². The highest BCUT2D eigenvalue weighted by Gasteiger charge is 2.28. The molecule has 0 N–H and O–H groups in total. The lowest BCUT2D eigenvalue weighted by atomic mass is 10.1. The number of aryl methyl sites for hydroxylation is 1. The Hall–Kier alpha value is -2.76. The second-order valence-electron chi connectivity index (χ2n) is 6.94. The van der Waals surface area contributed by atoms with Crippen LogP contribution in [0, 0.1) is 24.1 Å². The fourth-order valence-corrected chi connectivity index (χ4v) is 5.00. The summed E-state index contributed by atoms with van der Waals surface area (Å²) < 4.78 is 46.4. The van der Waals surface area contributed by atoms with Crippen LogP contribution in [0.3, 0.4) is 0 Å². The molecule has 3 rings (SSSR count). The Bertz CT molecular complexity index is 1070. The van der Waals surface area contributed by atoms with Crippen molar-refractivity contribution in [3.8, 4) is 6.07 Å². The first kappa shape index (κ1) is 21.0. The molecule has 152 valence electrons. The van der Waals surface area contributed by atoms with E-state index in [-0.39, 0.29) is 28.2 Å². The van der Waals surface area contributed by atoms with Crippen LogP contribution < -0.4 is 0 Å². The number of ether oxygens (including phenoxy) is 1. The Morgan fingerprint density at radius 3 is 2.59 bits per heavy atom. The van der Waals surface area contributed by atoms with E-state index in [2.05, 4.69) is 0 Å². The van der Waals surface area contributed by atoms with Gasteiger partial charge in [0.2, 0.25) is 10.0 Å². The maximum Gasteiger partial charge on any atom is 0.338 e. The summed E-state index contributed by atoms with van der Waals surface area (Å²) in [6.45, 7) is 2.24. The quantitative estimate of drug-likeness (QED) is 0.696. The van der Waals surface area contributed by atoms with Crippen LogP contribution in [0.2, 0.25) is 0 Å². The number of benzene rings is 2. The summed E-state index contributed by atoms with van der Waals surface area (Å²) in [6, 6.07) is 10.0. The third-order valence-electron chi connectivity index (χ3n) is 4.89. The molecule has 0 spiro atoms. The van der Waals surface area contributed by atoms with Crippen molar-refractivity contribution in [3.05, 3.63) is 64.5 Å². The summed E-state index contributed by atoms with van der Waals surface area (Å²) in [5.41, 5.74) is 0.941. The fraction of sp³-hybridized carbons (Fsp3) is 0.333. The van der Waals surface area contributed by atoms with Gasteiger partial charge in [0.05, 0.1) is 22.1 Å². The number of carbonyl (C=O) groups excluding carboxylic acids is 1. The zero-order valence-corrected chi connectivity index (χ0v) is 16.8. The second-order valence-corrected chi connectivity index (χ2v) is 8.85. The first-order valence-corrected chi connectivity index (χ1v) is 10.7. The summed E-state index contributed by atoms with van der Waals surface area (Å²) in [5.74, 6) is -1.35. The van der Waals surface area contributed by atoms with Gasteiger partial charge in [0, 0.05) is 18.7 Å². The number of nitriles is 1. The average molecular weight is 416 g/mol. The lowest BCUT2D eigenvalue weighted by molar-refractivity contribution is 0.0468. The number of rotatable bonds is 5. The fourth-order valence-electron chi connectivity index (χ4n) is 3.23. The van der Waals surface area contributed by atoms with E-state index in [1.54, 1.807) is 13.0 Å². The molecule has 29 heavy (non-hydrogen) atoms. The average Bonchev–Trinajstić information content (AvgIpc) is 2.73. The van der Waals surface area contributed by atoms with Gasteiger partial charge in [-0.15, -0.1) is 0 Å². The maximum atomic E-state index is 13.9. The number of nitrogens with zero attached hydrogens (tertiary/aromatic N) is 2. The van der Waals surface area contributed by atoms with Gasteiger partial charge >= 0.3 is 5.97 Å². The lowest BCUT2D eigenvalue weighted by Gasteiger charge is -2.26. The molecule has 0 unspecified atom stereocenters. The Morgan fingerprint density at radius 2 is 1.90 bits per heavy atom. The third-order valence-corrected chi connectivity index (χ3v) is 6.93. The molecule has 0 bridgehead atoms. The Kier molecular flexibility index (Phi) is 6.30. The first-order valence-electron chi connectivity index (χ1n) is 9.29. The van der Waals surface area contributed by atoms with Crippen LogP contribution in [0.15, 0.2) is 41.3 Å². The van der Waals surface area contributed by atoms with E-state index in [9.17, 15) is 17.6 Å². The minimum absolute atomic E-state index is 0.0723. The zero-order valence-electron chi connectivity index (χ0n) is 16.0. The van der Waals surface area contributed by atoms with E-state index in [1.165, 1.54) is 28.6 Å². The number of sulfonamides is 1. The van der Waals surface area contributed by atoms with Crippen LogP contribution in [0.4, 0.5) is 4.39 Å². The molecule has 0 atom stereocenters. The van der Waals surface area contributed by atoms with Gasteiger partial charge in [-0.2, -0.15) is 9.57 Å². The molecule has 0 aromatic heterocycles. The van der Waals surface area contributed by atoms with Crippen molar-refractivity contribution >= 4 is 16.0 Å². The van der Waals surface area contributed by atoms with Crippen LogP contribution in [-0.2, 0) is 21.4 Å². The molecule has 0 amide bonds. The number of carbonyl (C=O) groups is 1. The highest BCUT2D eigenvalue weighted by molar-refractivity contribution is 7.89. The van der Waals surface area contributed by atoms with Crippen molar-refractivity contribution in [2.45, 2.75) is 37.7 Å². The van der Waals surface area contributed by atoms with Gasteiger partial charge in [0.1, 0.15) is 12.4 Å². The summed E-state index contributed by atoms with van der Waals surface area (Å²) in [5, 5.41) is 8.91.